The molecule has 1 N–H and O–H groups in total. The van der Waals surface area contributed by atoms with Crippen LogP contribution in [0.25, 0.3) is 0 Å². The number of aromatic nitrogens is 1. The summed E-state index contributed by atoms with van der Waals surface area (Å²) in [5.74, 6) is -0.584. The smallest absolute Gasteiger partial charge is 0.255 e. The van der Waals surface area contributed by atoms with Crippen molar-refractivity contribution in [3.8, 4) is 0 Å². The molecule has 0 unspecified atom stereocenters. The number of halogens is 1. The maximum absolute atomic E-state index is 13.0. The molecule has 1 saturated heterocycles. The number of benzene rings is 1. The molecule has 9 nitrogen and oxygen atoms in total. The molecule has 3 rings (SSSR count). The lowest BCUT2D eigenvalue weighted by Gasteiger charge is -2.34. The van der Waals surface area contributed by atoms with Gasteiger partial charge in [-0.2, -0.15) is 0 Å². The molecule has 0 bridgehead atoms. The second-order valence-corrected chi connectivity index (χ2v) is 10.1. The largest absolute Gasteiger partial charge is 0.339 e. The van der Waals surface area contributed by atoms with Gasteiger partial charge in [0.25, 0.3) is 5.91 Å². The summed E-state index contributed by atoms with van der Waals surface area (Å²) >= 11 is 7.41. The third-order valence-electron chi connectivity index (χ3n) is 5.52. The van der Waals surface area contributed by atoms with E-state index in [9.17, 15) is 19.2 Å². The molecule has 0 aliphatic carbocycles. The third-order valence-corrected chi connectivity index (χ3v) is 6.66. The second kappa shape index (κ2) is 12.1. The number of rotatable bonds is 8. The van der Waals surface area contributed by atoms with Crippen LogP contribution in [0.1, 0.15) is 36.8 Å². The molecule has 11 heteroatoms. The minimum Gasteiger partial charge on any atom is -0.339 e. The fourth-order valence-corrected chi connectivity index (χ4v) is 4.72. The van der Waals surface area contributed by atoms with Crippen molar-refractivity contribution in [2.75, 3.05) is 44.6 Å². The van der Waals surface area contributed by atoms with Gasteiger partial charge in [-0.3, -0.25) is 19.2 Å². The van der Waals surface area contributed by atoms with Crippen LogP contribution >= 0.6 is 22.9 Å². The van der Waals surface area contributed by atoms with Crippen molar-refractivity contribution in [3.05, 3.63) is 45.9 Å². The normalized spacial score (nSPS) is 13.6. The number of carbonyl (C=O) groups is 4. The van der Waals surface area contributed by atoms with Gasteiger partial charge in [-0.15, -0.1) is 11.3 Å². The standard InChI is InChI=1S/C24H30ClN5O4S/c1-16(2)13-30(23(34)19-6-4-5-7-20(19)25)14-21(32)27-24-26-18(15-35-24)12-22(33)29-10-8-28(9-11-29)17(3)31/h4-7,15-16H,8-14H2,1-3H3,(H,26,27,32). The van der Waals surface area contributed by atoms with E-state index in [0.29, 0.717) is 54.1 Å². The summed E-state index contributed by atoms with van der Waals surface area (Å²) in [5, 5.41) is 5.17. The van der Waals surface area contributed by atoms with Crippen molar-refractivity contribution < 1.29 is 19.2 Å². The van der Waals surface area contributed by atoms with Crippen LogP contribution in [0.15, 0.2) is 29.6 Å². The highest BCUT2D eigenvalue weighted by Gasteiger charge is 2.24. The molecule has 188 valence electrons. The van der Waals surface area contributed by atoms with Crippen molar-refractivity contribution in [3.63, 3.8) is 0 Å². The Hall–Kier alpha value is -2.98. The zero-order valence-electron chi connectivity index (χ0n) is 20.1. The Balaban J connectivity index is 1.56. The number of piperazine rings is 1. The van der Waals surface area contributed by atoms with Crippen LogP contribution in [0.2, 0.25) is 5.02 Å². The van der Waals surface area contributed by atoms with E-state index in [2.05, 4.69) is 10.3 Å². The predicted molar refractivity (Wildman–Crippen MR) is 135 cm³/mol. The molecule has 0 saturated carbocycles. The van der Waals surface area contributed by atoms with Crippen LogP contribution in [0.3, 0.4) is 0 Å². The van der Waals surface area contributed by atoms with Gasteiger partial charge in [0.1, 0.15) is 6.54 Å². The SMILES string of the molecule is CC(=O)N1CCN(C(=O)Cc2csc(NC(=O)CN(CC(C)C)C(=O)c3ccccc3Cl)n2)CC1. The lowest BCUT2D eigenvalue weighted by Crippen LogP contribution is -2.50. The fourth-order valence-electron chi connectivity index (χ4n) is 3.78. The first-order valence-electron chi connectivity index (χ1n) is 11.5. The highest BCUT2D eigenvalue weighted by atomic mass is 35.5. The van der Waals surface area contributed by atoms with Gasteiger partial charge in [0.15, 0.2) is 5.13 Å². The first-order chi connectivity index (χ1) is 16.6. The van der Waals surface area contributed by atoms with Crippen LogP contribution in [-0.4, -0.2) is 82.6 Å². The van der Waals surface area contributed by atoms with E-state index in [4.69, 9.17) is 11.6 Å². The summed E-state index contributed by atoms with van der Waals surface area (Å²) in [5.41, 5.74) is 0.914. The van der Waals surface area contributed by atoms with E-state index >= 15 is 0 Å². The average Bonchev–Trinajstić information content (AvgIpc) is 3.24. The number of hydrogen-bond donors (Lipinski definition) is 1. The summed E-state index contributed by atoms with van der Waals surface area (Å²) in [6.07, 6.45) is 0.122. The number of nitrogens with zero attached hydrogens (tertiary/aromatic N) is 4. The molecule has 0 radical (unpaired) electrons. The monoisotopic (exact) mass is 519 g/mol. The number of amides is 4. The Kier molecular flexibility index (Phi) is 9.22. The van der Waals surface area contributed by atoms with E-state index in [1.54, 1.807) is 39.4 Å². The molecule has 0 atom stereocenters. The van der Waals surface area contributed by atoms with E-state index in [1.807, 2.05) is 13.8 Å². The van der Waals surface area contributed by atoms with Gasteiger partial charge in [0.2, 0.25) is 17.7 Å². The van der Waals surface area contributed by atoms with Gasteiger partial charge < -0.3 is 20.0 Å². The van der Waals surface area contributed by atoms with Gasteiger partial charge >= 0.3 is 0 Å². The highest BCUT2D eigenvalue weighted by Crippen LogP contribution is 2.19. The lowest BCUT2D eigenvalue weighted by atomic mass is 10.1. The van der Waals surface area contributed by atoms with Crippen molar-refractivity contribution >= 4 is 51.7 Å². The van der Waals surface area contributed by atoms with Crippen molar-refractivity contribution in [1.29, 1.82) is 0 Å². The molecule has 0 spiro atoms. The van der Waals surface area contributed by atoms with Crippen molar-refractivity contribution in [2.24, 2.45) is 5.92 Å². The summed E-state index contributed by atoms with van der Waals surface area (Å²) in [4.78, 5) is 59.1. The minimum absolute atomic E-state index is 0.0116. The number of anilines is 1. The van der Waals surface area contributed by atoms with Gasteiger partial charge in [-0.25, -0.2) is 4.98 Å². The van der Waals surface area contributed by atoms with E-state index in [-0.39, 0.29) is 42.5 Å². The van der Waals surface area contributed by atoms with E-state index in [1.165, 1.54) is 23.2 Å². The van der Waals surface area contributed by atoms with Crippen LogP contribution in [0.4, 0.5) is 5.13 Å². The van der Waals surface area contributed by atoms with Crippen LogP contribution in [0, 0.1) is 5.92 Å². The molecule has 1 fully saturated rings. The minimum atomic E-state index is -0.376. The molecule has 1 aromatic heterocycles. The molecule has 2 aromatic rings. The predicted octanol–water partition coefficient (Wildman–Crippen LogP) is 2.77. The Bertz CT molecular complexity index is 1080. The van der Waals surface area contributed by atoms with Crippen molar-refractivity contribution in [2.45, 2.75) is 27.2 Å². The zero-order chi connectivity index (χ0) is 25.5. The van der Waals surface area contributed by atoms with Crippen LogP contribution in [-0.2, 0) is 20.8 Å². The maximum atomic E-state index is 13.0. The average molecular weight is 520 g/mol. The molecule has 2 heterocycles. The fraction of sp³-hybridized carbons (Fsp3) is 0.458. The van der Waals surface area contributed by atoms with E-state index < -0.39 is 0 Å². The van der Waals surface area contributed by atoms with Gasteiger partial charge in [0, 0.05) is 45.0 Å². The number of nitrogens with one attached hydrogen (secondary N) is 1. The number of thiazole rings is 1. The van der Waals surface area contributed by atoms with E-state index in [0.717, 1.165) is 0 Å². The molecule has 4 amide bonds. The Morgan fingerprint density at radius 2 is 1.77 bits per heavy atom. The van der Waals surface area contributed by atoms with Gasteiger partial charge in [-0.1, -0.05) is 37.6 Å². The molecular formula is C24H30ClN5O4S. The quantitative estimate of drug-likeness (QED) is 0.577. The Labute approximate surface area is 214 Å². The molecule has 1 aromatic carbocycles. The maximum Gasteiger partial charge on any atom is 0.255 e. The summed E-state index contributed by atoms with van der Waals surface area (Å²) in [6, 6.07) is 6.76. The molecule has 35 heavy (non-hydrogen) atoms. The molecule has 1 aliphatic rings. The number of hydrogen-bond acceptors (Lipinski definition) is 6. The first kappa shape index (κ1) is 26.6. The third kappa shape index (κ3) is 7.50. The number of carbonyl (C=O) groups excluding carboxylic acids is 4. The molecule has 1 aliphatic heterocycles. The highest BCUT2D eigenvalue weighted by molar-refractivity contribution is 7.13. The van der Waals surface area contributed by atoms with Crippen LogP contribution in [0.5, 0.6) is 0 Å². The van der Waals surface area contributed by atoms with Gasteiger partial charge in [-0.05, 0) is 18.1 Å². The summed E-state index contributed by atoms with van der Waals surface area (Å²) < 4.78 is 0. The zero-order valence-corrected chi connectivity index (χ0v) is 21.7. The lowest BCUT2D eigenvalue weighted by molar-refractivity contribution is -0.138. The molecular weight excluding hydrogens is 490 g/mol. The topological polar surface area (TPSA) is 103 Å². The van der Waals surface area contributed by atoms with Crippen molar-refractivity contribution in [1.82, 2.24) is 19.7 Å². The first-order valence-corrected chi connectivity index (χ1v) is 12.7. The Morgan fingerprint density at radius 1 is 1.11 bits per heavy atom. The van der Waals surface area contributed by atoms with Crippen LogP contribution < -0.4 is 5.32 Å². The summed E-state index contributed by atoms with van der Waals surface area (Å²) in [7, 11) is 0. The summed E-state index contributed by atoms with van der Waals surface area (Å²) in [6.45, 7) is 7.76. The Morgan fingerprint density at radius 3 is 2.40 bits per heavy atom. The van der Waals surface area contributed by atoms with Gasteiger partial charge in [0.05, 0.1) is 22.7 Å². The second-order valence-electron chi connectivity index (χ2n) is 8.82.